The van der Waals surface area contributed by atoms with Crippen LogP contribution in [0.1, 0.15) is 31.7 Å². The number of methoxy groups -OCH3 is 1. The van der Waals surface area contributed by atoms with Crippen LogP contribution in [0.4, 0.5) is 0 Å². The normalized spacial score (nSPS) is 17.6. The molecule has 1 aliphatic heterocycles. The number of nitrogens with zero attached hydrogens (tertiary/aromatic N) is 1. The molecule has 0 bridgehead atoms. The quantitative estimate of drug-likeness (QED) is 0.811. The molecule has 2 rings (SSSR count). The molecule has 2 N–H and O–H groups in total. The maximum absolute atomic E-state index is 10.0. The topological polar surface area (TPSA) is 44.7 Å². The number of rotatable bonds is 7. The van der Waals surface area contributed by atoms with Crippen LogP contribution < -0.4 is 10.1 Å². The molecular weight excluding hydrogens is 264 g/mol. The third-order valence-electron chi connectivity index (χ3n) is 4.13. The Balaban J connectivity index is 1.73. The molecule has 0 radical (unpaired) electrons. The van der Waals surface area contributed by atoms with Gasteiger partial charge in [-0.25, -0.2) is 0 Å². The van der Waals surface area contributed by atoms with E-state index in [-0.39, 0.29) is 5.75 Å². The number of likely N-dealkylation sites (tertiary alicyclic amines) is 1. The molecule has 0 spiro atoms. The van der Waals surface area contributed by atoms with Crippen LogP contribution >= 0.6 is 0 Å². The zero-order chi connectivity index (χ0) is 15.1. The van der Waals surface area contributed by atoms with Crippen LogP contribution in [0.2, 0.25) is 0 Å². The second-order valence-corrected chi connectivity index (χ2v) is 6.07. The van der Waals surface area contributed by atoms with E-state index in [1.807, 2.05) is 12.1 Å². The monoisotopic (exact) mass is 292 g/mol. The Morgan fingerprint density at radius 1 is 1.29 bits per heavy atom. The van der Waals surface area contributed by atoms with Crippen molar-refractivity contribution < 1.29 is 9.84 Å². The Labute approximate surface area is 128 Å². The van der Waals surface area contributed by atoms with E-state index in [2.05, 4.69) is 17.1 Å². The lowest BCUT2D eigenvalue weighted by atomic mass is 10.1. The number of para-hydroxylation sites is 1. The lowest BCUT2D eigenvalue weighted by Crippen LogP contribution is -2.36. The van der Waals surface area contributed by atoms with Gasteiger partial charge >= 0.3 is 0 Å². The molecule has 4 nitrogen and oxygen atoms in total. The average molecular weight is 292 g/mol. The standard InChI is InChI=1S/C17H28N2O2/c1-14(13-19-9-4-3-5-10-19)11-18-12-15-7-6-8-16(21-2)17(15)20/h6-8,14,18,20H,3-5,9-13H2,1-2H3. The first-order valence-corrected chi connectivity index (χ1v) is 7.98. The summed E-state index contributed by atoms with van der Waals surface area (Å²) in [6.07, 6.45) is 4.08. The molecular formula is C17H28N2O2. The Morgan fingerprint density at radius 3 is 2.76 bits per heavy atom. The maximum Gasteiger partial charge on any atom is 0.162 e. The Morgan fingerprint density at radius 2 is 2.05 bits per heavy atom. The SMILES string of the molecule is COc1cccc(CNCC(C)CN2CCCCC2)c1O. The highest BCUT2D eigenvalue weighted by molar-refractivity contribution is 5.45. The van der Waals surface area contributed by atoms with Gasteiger partial charge in [0.1, 0.15) is 0 Å². The zero-order valence-corrected chi connectivity index (χ0v) is 13.3. The fraction of sp³-hybridized carbons (Fsp3) is 0.647. The lowest BCUT2D eigenvalue weighted by molar-refractivity contribution is 0.199. The van der Waals surface area contributed by atoms with Crippen molar-refractivity contribution >= 4 is 0 Å². The zero-order valence-electron chi connectivity index (χ0n) is 13.3. The van der Waals surface area contributed by atoms with Crippen LogP contribution in [-0.2, 0) is 6.54 Å². The molecule has 1 aromatic rings. The molecule has 1 fully saturated rings. The third kappa shape index (κ3) is 4.90. The van der Waals surface area contributed by atoms with Crippen molar-refractivity contribution in [3.63, 3.8) is 0 Å². The van der Waals surface area contributed by atoms with Crippen molar-refractivity contribution in [2.45, 2.75) is 32.7 Å². The van der Waals surface area contributed by atoms with Crippen LogP contribution in [0, 0.1) is 5.92 Å². The van der Waals surface area contributed by atoms with Gasteiger partial charge < -0.3 is 20.1 Å². The molecule has 1 atom stereocenters. The van der Waals surface area contributed by atoms with Crippen molar-refractivity contribution in [2.75, 3.05) is 33.3 Å². The van der Waals surface area contributed by atoms with Gasteiger partial charge in [-0.15, -0.1) is 0 Å². The van der Waals surface area contributed by atoms with Crippen molar-refractivity contribution in [1.82, 2.24) is 10.2 Å². The number of ether oxygens (including phenoxy) is 1. The number of nitrogens with one attached hydrogen (secondary N) is 1. The molecule has 1 heterocycles. The van der Waals surface area contributed by atoms with E-state index in [1.54, 1.807) is 13.2 Å². The predicted octanol–water partition coefficient (Wildman–Crippen LogP) is 2.61. The van der Waals surface area contributed by atoms with Gasteiger partial charge in [0.2, 0.25) is 0 Å². The van der Waals surface area contributed by atoms with Crippen molar-refractivity contribution in [3.8, 4) is 11.5 Å². The smallest absolute Gasteiger partial charge is 0.162 e. The van der Waals surface area contributed by atoms with Crippen LogP contribution in [-0.4, -0.2) is 43.3 Å². The first-order chi connectivity index (χ1) is 10.2. The van der Waals surface area contributed by atoms with Gasteiger partial charge in [0.25, 0.3) is 0 Å². The molecule has 0 aromatic heterocycles. The van der Waals surface area contributed by atoms with Gasteiger partial charge in [-0.2, -0.15) is 0 Å². The minimum atomic E-state index is 0.246. The van der Waals surface area contributed by atoms with Crippen LogP contribution in [0.15, 0.2) is 18.2 Å². The fourth-order valence-electron chi connectivity index (χ4n) is 2.98. The minimum absolute atomic E-state index is 0.246. The van der Waals surface area contributed by atoms with Gasteiger partial charge in [-0.1, -0.05) is 25.5 Å². The highest BCUT2D eigenvalue weighted by Crippen LogP contribution is 2.29. The van der Waals surface area contributed by atoms with E-state index in [9.17, 15) is 5.11 Å². The van der Waals surface area contributed by atoms with E-state index >= 15 is 0 Å². The Kier molecular flexibility index (Phi) is 6.33. The summed E-state index contributed by atoms with van der Waals surface area (Å²) in [5.41, 5.74) is 0.888. The highest BCUT2D eigenvalue weighted by Gasteiger charge is 2.13. The maximum atomic E-state index is 10.0. The summed E-state index contributed by atoms with van der Waals surface area (Å²) in [4.78, 5) is 2.57. The summed E-state index contributed by atoms with van der Waals surface area (Å²) in [7, 11) is 1.58. The number of hydrogen-bond acceptors (Lipinski definition) is 4. The van der Waals surface area contributed by atoms with Gasteiger partial charge in [-0.3, -0.25) is 0 Å². The number of benzene rings is 1. The van der Waals surface area contributed by atoms with E-state index in [1.165, 1.54) is 32.4 Å². The van der Waals surface area contributed by atoms with Crippen LogP contribution in [0.5, 0.6) is 11.5 Å². The lowest BCUT2D eigenvalue weighted by Gasteiger charge is -2.29. The minimum Gasteiger partial charge on any atom is -0.504 e. The summed E-state index contributed by atoms with van der Waals surface area (Å²) in [6.45, 7) is 7.59. The second kappa shape index (κ2) is 8.25. The summed E-state index contributed by atoms with van der Waals surface area (Å²) in [6, 6.07) is 5.62. The van der Waals surface area contributed by atoms with Gasteiger partial charge in [0, 0.05) is 18.7 Å². The molecule has 21 heavy (non-hydrogen) atoms. The average Bonchev–Trinajstić information content (AvgIpc) is 2.50. The number of piperidine rings is 1. The van der Waals surface area contributed by atoms with Gasteiger partial charge in [0.15, 0.2) is 11.5 Å². The van der Waals surface area contributed by atoms with Gasteiger partial charge in [-0.05, 0) is 44.5 Å². The van der Waals surface area contributed by atoms with E-state index < -0.39 is 0 Å². The van der Waals surface area contributed by atoms with Crippen LogP contribution in [0.25, 0.3) is 0 Å². The second-order valence-electron chi connectivity index (χ2n) is 6.07. The number of hydrogen-bond donors (Lipinski definition) is 2. The van der Waals surface area contributed by atoms with E-state index in [0.717, 1.165) is 18.7 Å². The number of phenols is 1. The van der Waals surface area contributed by atoms with Crippen molar-refractivity contribution in [1.29, 1.82) is 0 Å². The summed E-state index contributed by atoms with van der Waals surface area (Å²) >= 11 is 0. The first kappa shape index (κ1) is 16.1. The molecule has 0 aliphatic carbocycles. The van der Waals surface area contributed by atoms with Crippen LogP contribution in [0.3, 0.4) is 0 Å². The first-order valence-electron chi connectivity index (χ1n) is 7.98. The van der Waals surface area contributed by atoms with E-state index in [0.29, 0.717) is 18.2 Å². The molecule has 0 amide bonds. The highest BCUT2D eigenvalue weighted by atomic mass is 16.5. The van der Waals surface area contributed by atoms with Gasteiger partial charge in [0.05, 0.1) is 7.11 Å². The molecule has 118 valence electrons. The molecule has 1 aromatic carbocycles. The predicted molar refractivity (Wildman–Crippen MR) is 85.8 cm³/mol. The van der Waals surface area contributed by atoms with Crippen molar-refractivity contribution in [3.05, 3.63) is 23.8 Å². The van der Waals surface area contributed by atoms with E-state index in [4.69, 9.17) is 4.74 Å². The third-order valence-corrected chi connectivity index (χ3v) is 4.13. The molecule has 1 saturated heterocycles. The molecule has 4 heteroatoms. The summed E-state index contributed by atoms with van der Waals surface area (Å²) in [5, 5.41) is 13.5. The van der Waals surface area contributed by atoms with Crippen molar-refractivity contribution in [2.24, 2.45) is 5.92 Å². The molecule has 0 saturated carbocycles. The Bertz CT molecular complexity index is 431. The fourth-order valence-corrected chi connectivity index (χ4v) is 2.98. The number of phenolic OH excluding ortho intramolecular Hbond substituents is 1. The summed E-state index contributed by atoms with van der Waals surface area (Å²) in [5.74, 6) is 1.41. The molecule has 1 aliphatic rings. The largest absolute Gasteiger partial charge is 0.504 e. The summed E-state index contributed by atoms with van der Waals surface area (Å²) < 4.78 is 5.13. The number of aromatic hydroxyl groups is 1. The Hall–Kier alpha value is -1.26. The molecule has 1 unspecified atom stereocenters.